The lowest BCUT2D eigenvalue weighted by Crippen LogP contribution is -2.07. The number of aromatic nitrogens is 2. The monoisotopic (exact) mass is 298 g/mol. The van der Waals surface area contributed by atoms with Crippen LogP contribution >= 0.6 is 11.6 Å². The molecule has 0 unspecified atom stereocenters. The Labute approximate surface area is 130 Å². The van der Waals surface area contributed by atoms with E-state index in [4.69, 9.17) is 16.6 Å². The van der Waals surface area contributed by atoms with E-state index in [1.54, 1.807) is 0 Å². The zero-order valence-corrected chi connectivity index (χ0v) is 13.0. The number of hydrogen-bond acceptors (Lipinski definition) is 1. The molecular formula is C18H19ClN2. The fourth-order valence-electron chi connectivity index (χ4n) is 2.75. The van der Waals surface area contributed by atoms with E-state index in [0.29, 0.717) is 5.88 Å². The molecule has 0 atom stereocenters. The second kappa shape index (κ2) is 6.31. The van der Waals surface area contributed by atoms with Crippen molar-refractivity contribution in [3.63, 3.8) is 0 Å². The van der Waals surface area contributed by atoms with Crippen LogP contribution in [0.2, 0.25) is 0 Å². The number of rotatable bonds is 5. The molecule has 2 nitrogen and oxygen atoms in total. The first-order valence-electron chi connectivity index (χ1n) is 7.34. The summed E-state index contributed by atoms with van der Waals surface area (Å²) >= 11 is 5.94. The maximum absolute atomic E-state index is 5.94. The number of imidazole rings is 1. The van der Waals surface area contributed by atoms with Gasteiger partial charge in [0, 0.05) is 18.8 Å². The van der Waals surface area contributed by atoms with Gasteiger partial charge in [0.05, 0.1) is 11.0 Å². The molecule has 2 aromatic carbocycles. The first-order chi connectivity index (χ1) is 10.3. The molecule has 1 aromatic heterocycles. The smallest absolute Gasteiger partial charge is 0.111 e. The average molecular weight is 299 g/mol. The summed E-state index contributed by atoms with van der Waals surface area (Å²) in [6.45, 7) is 3.05. The van der Waals surface area contributed by atoms with Gasteiger partial charge in [-0.05, 0) is 30.5 Å². The Bertz CT molecular complexity index is 732. The second-order valence-electron chi connectivity index (χ2n) is 5.30. The summed E-state index contributed by atoms with van der Waals surface area (Å²) in [5.74, 6) is 1.69. The first kappa shape index (κ1) is 14.2. The highest BCUT2D eigenvalue weighted by molar-refractivity contribution is 6.17. The van der Waals surface area contributed by atoms with Crippen molar-refractivity contribution < 1.29 is 0 Å². The van der Waals surface area contributed by atoms with Crippen LogP contribution in [0.15, 0.2) is 48.5 Å². The number of halogens is 1. The van der Waals surface area contributed by atoms with E-state index in [1.807, 2.05) is 0 Å². The Kier molecular flexibility index (Phi) is 4.26. The van der Waals surface area contributed by atoms with Gasteiger partial charge in [0.25, 0.3) is 0 Å². The Morgan fingerprint density at radius 1 is 1.00 bits per heavy atom. The molecule has 3 aromatic rings. The van der Waals surface area contributed by atoms with Crippen LogP contribution in [0.1, 0.15) is 17.0 Å². The zero-order chi connectivity index (χ0) is 14.7. The predicted molar refractivity (Wildman–Crippen MR) is 89.0 cm³/mol. The first-order valence-corrected chi connectivity index (χ1v) is 7.87. The molecule has 0 bridgehead atoms. The summed E-state index contributed by atoms with van der Waals surface area (Å²) < 4.78 is 2.32. The summed E-state index contributed by atoms with van der Waals surface area (Å²) in [7, 11) is 0. The van der Waals surface area contributed by atoms with Gasteiger partial charge in [0.2, 0.25) is 0 Å². The summed E-state index contributed by atoms with van der Waals surface area (Å²) in [6.07, 6.45) is 1.82. The Balaban J connectivity index is 1.95. The SMILES string of the molecule is Cc1cccc2c1nc(CCCl)n2CCc1ccccc1. The maximum atomic E-state index is 5.94. The van der Waals surface area contributed by atoms with Gasteiger partial charge in [-0.1, -0.05) is 42.5 Å². The molecule has 1 heterocycles. The van der Waals surface area contributed by atoms with Gasteiger partial charge in [-0.3, -0.25) is 0 Å². The van der Waals surface area contributed by atoms with E-state index in [2.05, 4.69) is 60.0 Å². The molecule has 0 aliphatic carbocycles. The molecule has 0 aliphatic heterocycles. The minimum atomic E-state index is 0.605. The summed E-state index contributed by atoms with van der Waals surface area (Å²) in [4.78, 5) is 4.79. The molecular weight excluding hydrogens is 280 g/mol. The third kappa shape index (κ3) is 2.96. The number of alkyl halides is 1. The largest absolute Gasteiger partial charge is 0.328 e. The van der Waals surface area contributed by atoms with Crippen molar-refractivity contribution in [2.45, 2.75) is 26.3 Å². The maximum Gasteiger partial charge on any atom is 0.111 e. The minimum Gasteiger partial charge on any atom is -0.328 e. The van der Waals surface area contributed by atoms with Gasteiger partial charge >= 0.3 is 0 Å². The van der Waals surface area contributed by atoms with Crippen LogP contribution in [0.3, 0.4) is 0 Å². The highest BCUT2D eigenvalue weighted by Crippen LogP contribution is 2.21. The normalized spacial score (nSPS) is 11.1. The standard InChI is InChI=1S/C18H19ClN2/c1-14-6-5-9-16-18(14)20-17(10-12-19)21(16)13-11-15-7-3-2-4-8-15/h2-9H,10-13H2,1H3. The Morgan fingerprint density at radius 2 is 1.81 bits per heavy atom. The van der Waals surface area contributed by atoms with Gasteiger partial charge in [0.1, 0.15) is 5.82 Å². The molecule has 0 saturated carbocycles. The van der Waals surface area contributed by atoms with Crippen molar-refractivity contribution >= 4 is 22.6 Å². The summed E-state index contributed by atoms with van der Waals surface area (Å²) in [6, 6.07) is 16.9. The van der Waals surface area contributed by atoms with E-state index in [0.717, 1.165) is 30.7 Å². The molecule has 0 aliphatic rings. The predicted octanol–water partition coefficient (Wildman–Crippen LogP) is 4.37. The zero-order valence-electron chi connectivity index (χ0n) is 12.2. The molecule has 3 rings (SSSR count). The lowest BCUT2D eigenvalue weighted by atomic mass is 10.1. The summed E-state index contributed by atoms with van der Waals surface area (Å²) in [5.41, 5.74) is 4.89. The van der Waals surface area contributed by atoms with Crippen molar-refractivity contribution in [3.05, 3.63) is 65.5 Å². The van der Waals surface area contributed by atoms with E-state index in [1.165, 1.54) is 16.6 Å². The highest BCUT2D eigenvalue weighted by atomic mass is 35.5. The molecule has 0 fully saturated rings. The Hall–Kier alpha value is -1.80. The third-order valence-electron chi connectivity index (χ3n) is 3.84. The molecule has 0 amide bonds. The molecule has 0 spiro atoms. The van der Waals surface area contributed by atoms with Crippen molar-refractivity contribution in [1.29, 1.82) is 0 Å². The van der Waals surface area contributed by atoms with Crippen molar-refractivity contribution in [2.75, 3.05) is 5.88 Å². The van der Waals surface area contributed by atoms with Gasteiger partial charge < -0.3 is 4.57 Å². The van der Waals surface area contributed by atoms with Crippen LogP contribution in [-0.4, -0.2) is 15.4 Å². The van der Waals surface area contributed by atoms with Crippen LogP contribution in [0, 0.1) is 6.92 Å². The fourth-order valence-corrected chi connectivity index (χ4v) is 2.91. The van der Waals surface area contributed by atoms with Crippen LogP contribution < -0.4 is 0 Å². The molecule has 21 heavy (non-hydrogen) atoms. The third-order valence-corrected chi connectivity index (χ3v) is 4.03. The molecule has 108 valence electrons. The fraction of sp³-hybridized carbons (Fsp3) is 0.278. The van der Waals surface area contributed by atoms with Crippen LogP contribution in [-0.2, 0) is 19.4 Å². The van der Waals surface area contributed by atoms with Crippen molar-refractivity contribution in [2.24, 2.45) is 0 Å². The molecule has 0 N–H and O–H groups in total. The lowest BCUT2D eigenvalue weighted by Gasteiger charge is -2.09. The number of benzene rings is 2. The molecule has 0 saturated heterocycles. The number of hydrogen-bond donors (Lipinski definition) is 0. The van der Waals surface area contributed by atoms with Crippen molar-refractivity contribution in [1.82, 2.24) is 9.55 Å². The topological polar surface area (TPSA) is 17.8 Å². The quantitative estimate of drug-likeness (QED) is 0.640. The van der Waals surface area contributed by atoms with E-state index < -0.39 is 0 Å². The van der Waals surface area contributed by atoms with E-state index in [9.17, 15) is 0 Å². The van der Waals surface area contributed by atoms with Gasteiger partial charge in [-0.25, -0.2) is 4.98 Å². The molecule has 0 radical (unpaired) electrons. The average Bonchev–Trinajstić information content (AvgIpc) is 2.86. The Morgan fingerprint density at radius 3 is 2.57 bits per heavy atom. The van der Waals surface area contributed by atoms with E-state index in [-0.39, 0.29) is 0 Å². The van der Waals surface area contributed by atoms with Gasteiger partial charge in [-0.2, -0.15) is 0 Å². The number of aryl methyl sites for hydroxylation is 4. The number of nitrogens with zero attached hydrogens (tertiary/aromatic N) is 2. The van der Waals surface area contributed by atoms with Crippen molar-refractivity contribution in [3.8, 4) is 0 Å². The number of para-hydroxylation sites is 1. The lowest BCUT2D eigenvalue weighted by molar-refractivity contribution is 0.675. The molecule has 3 heteroatoms. The second-order valence-corrected chi connectivity index (χ2v) is 5.67. The van der Waals surface area contributed by atoms with Crippen LogP contribution in [0.25, 0.3) is 11.0 Å². The number of fused-ring (bicyclic) bond motifs is 1. The van der Waals surface area contributed by atoms with Crippen LogP contribution in [0.4, 0.5) is 0 Å². The highest BCUT2D eigenvalue weighted by Gasteiger charge is 2.11. The van der Waals surface area contributed by atoms with Gasteiger partial charge in [0.15, 0.2) is 0 Å². The van der Waals surface area contributed by atoms with Gasteiger partial charge in [-0.15, -0.1) is 11.6 Å². The van der Waals surface area contributed by atoms with Crippen LogP contribution in [0.5, 0.6) is 0 Å². The van der Waals surface area contributed by atoms with E-state index >= 15 is 0 Å². The summed E-state index contributed by atoms with van der Waals surface area (Å²) in [5, 5.41) is 0. The minimum absolute atomic E-state index is 0.605.